The molecule has 0 fully saturated rings. The lowest BCUT2D eigenvalue weighted by Gasteiger charge is -2.13. The summed E-state index contributed by atoms with van der Waals surface area (Å²) < 4.78 is 15.6. The van der Waals surface area contributed by atoms with Crippen LogP contribution in [0.4, 0.5) is 0 Å². The van der Waals surface area contributed by atoms with Crippen molar-refractivity contribution in [3.05, 3.63) is 0 Å². The fourth-order valence-corrected chi connectivity index (χ4v) is 1.47. The number of esters is 1. The molecule has 0 radical (unpaired) electrons. The summed E-state index contributed by atoms with van der Waals surface area (Å²) in [5, 5.41) is 2.67. The third kappa shape index (κ3) is 12.6. The maximum atomic E-state index is 11.6. The van der Waals surface area contributed by atoms with Crippen LogP contribution in [0.25, 0.3) is 0 Å². The first-order valence-electron chi connectivity index (χ1n) is 7.99. The lowest BCUT2D eigenvalue weighted by Crippen LogP contribution is -2.33. The standard InChI is InChI=1S/C16H31NO5/c1-12(2)7-10-21-14(5)16(19)22-11-15(18)17-8-6-9-20-13(3)4/h12-14H,6-11H2,1-5H3,(H,17,18). The SMILES string of the molecule is CC(C)CCOC(C)C(=O)OCC(=O)NCCCOC(C)C. The fraction of sp³-hybridized carbons (Fsp3) is 0.875. The molecule has 1 amide bonds. The van der Waals surface area contributed by atoms with Gasteiger partial charge < -0.3 is 19.5 Å². The third-order valence-corrected chi connectivity index (χ3v) is 2.83. The van der Waals surface area contributed by atoms with E-state index in [1.807, 2.05) is 13.8 Å². The molecule has 130 valence electrons. The van der Waals surface area contributed by atoms with Crippen molar-refractivity contribution in [3.8, 4) is 0 Å². The topological polar surface area (TPSA) is 73.9 Å². The normalized spacial score (nSPS) is 12.5. The molecule has 22 heavy (non-hydrogen) atoms. The molecule has 1 atom stereocenters. The number of nitrogens with one attached hydrogen (secondary N) is 1. The van der Waals surface area contributed by atoms with Gasteiger partial charge in [-0.3, -0.25) is 4.79 Å². The molecule has 0 saturated heterocycles. The van der Waals surface area contributed by atoms with Crippen LogP contribution < -0.4 is 5.32 Å². The minimum Gasteiger partial charge on any atom is -0.454 e. The molecule has 0 aliphatic carbocycles. The van der Waals surface area contributed by atoms with Gasteiger partial charge in [-0.1, -0.05) is 13.8 Å². The second-order valence-electron chi connectivity index (χ2n) is 5.93. The summed E-state index contributed by atoms with van der Waals surface area (Å²) in [4.78, 5) is 23.1. The summed E-state index contributed by atoms with van der Waals surface area (Å²) in [6.45, 7) is 11.1. The van der Waals surface area contributed by atoms with Gasteiger partial charge >= 0.3 is 5.97 Å². The Morgan fingerprint density at radius 2 is 1.68 bits per heavy atom. The number of ether oxygens (including phenoxy) is 3. The van der Waals surface area contributed by atoms with Crippen molar-refractivity contribution in [1.29, 1.82) is 0 Å². The summed E-state index contributed by atoms with van der Waals surface area (Å²) in [6, 6.07) is 0. The van der Waals surface area contributed by atoms with E-state index >= 15 is 0 Å². The number of hydrogen-bond donors (Lipinski definition) is 1. The van der Waals surface area contributed by atoms with E-state index in [9.17, 15) is 9.59 Å². The van der Waals surface area contributed by atoms with E-state index in [1.165, 1.54) is 0 Å². The molecule has 6 heteroatoms. The van der Waals surface area contributed by atoms with Gasteiger partial charge in [-0.15, -0.1) is 0 Å². The first-order valence-corrected chi connectivity index (χ1v) is 7.99. The third-order valence-electron chi connectivity index (χ3n) is 2.83. The Morgan fingerprint density at radius 3 is 2.27 bits per heavy atom. The highest BCUT2D eigenvalue weighted by Crippen LogP contribution is 2.02. The van der Waals surface area contributed by atoms with Crippen molar-refractivity contribution in [2.24, 2.45) is 5.92 Å². The maximum absolute atomic E-state index is 11.6. The molecule has 0 bridgehead atoms. The van der Waals surface area contributed by atoms with Gasteiger partial charge in [0.2, 0.25) is 0 Å². The summed E-state index contributed by atoms with van der Waals surface area (Å²) in [7, 11) is 0. The zero-order valence-corrected chi connectivity index (χ0v) is 14.5. The van der Waals surface area contributed by atoms with Gasteiger partial charge in [0.25, 0.3) is 5.91 Å². The Kier molecular flexibility index (Phi) is 11.8. The molecule has 0 saturated carbocycles. The van der Waals surface area contributed by atoms with Crippen molar-refractivity contribution in [2.75, 3.05) is 26.4 Å². The van der Waals surface area contributed by atoms with Crippen molar-refractivity contribution >= 4 is 11.9 Å². The quantitative estimate of drug-likeness (QED) is 0.440. The zero-order chi connectivity index (χ0) is 17.0. The largest absolute Gasteiger partial charge is 0.454 e. The van der Waals surface area contributed by atoms with Crippen molar-refractivity contribution in [3.63, 3.8) is 0 Å². The van der Waals surface area contributed by atoms with Crippen LogP contribution in [-0.2, 0) is 23.8 Å². The molecule has 0 heterocycles. The highest BCUT2D eigenvalue weighted by molar-refractivity contribution is 5.81. The lowest BCUT2D eigenvalue weighted by molar-refractivity contribution is -0.159. The summed E-state index contributed by atoms with van der Waals surface area (Å²) in [6.07, 6.45) is 1.16. The van der Waals surface area contributed by atoms with Crippen LogP contribution in [0.3, 0.4) is 0 Å². The molecule has 0 aromatic rings. The molecule has 1 unspecified atom stereocenters. The van der Waals surface area contributed by atoms with Gasteiger partial charge in [0, 0.05) is 19.8 Å². The molecule has 1 N–H and O–H groups in total. The number of carbonyl (C=O) groups excluding carboxylic acids is 2. The van der Waals surface area contributed by atoms with Gasteiger partial charge in [-0.2, -0.15) is 0 Å². The highest BCUT2D eigenvalue weighted by atomic mass is 16.6. The van der Waals surface area contributed by atoms with Gasteiger partial charge in [0.05, 0.1) is 6.10 Å². The summed E-state index contributed by atoms with van der Waals surface area (Å²) in [5.74, 6) is -0.303. The molecule has 0 rings (SSSR count). The lowest BCUT2D eigenvalue weighted by atomic mass is 10.1. The Bertz CT molecular complexity index is 318. The van der Waals surface area contributed by atoms with E-state index in [0.717, 1.165) is 12.8 Å². The zero-order valence-electron chi connectivity index (χ0n) is 14.5. The fourth-order valence-electron chi connectivity index (χ4n) is 1.47. The Morgan fingerprint density at radius 1 is 1.00 bits per heavy atom. The van der Waals surface area contributed by atoms with E-state index in [-0.39, 0.29) is 18.6 Å². The van der Waals surface area contributed by atoms with Crippen molar-refractivity contribution in [1.82, 2.24) is 5.32 Å². The van der Waals surface area contributed by atoms with E-state index in [0.29, 0.717) is 25.7 Å². The molecular weight excluding hydrogens is 286 g/mol. The van der Waals surface area contributed by atoms with Gasteiger partial charge in [0.15, 0.2) is 12.7 Å². The van der Waals surface area contributed by atoms with Gasteiger partial charge in [-0.05, 0) is 39.5 Å². The molecule has 0 aromatic carbocycles. The maximum Gasteiger partial charge on any atom is 0.335 e. The molecular formula is C16H31NO5. The van der Waals surface area contributed by atoms with Crippen LogP contribution in [-0.4, -0.2) is 50.4 Å². The minimum absolute atomic E-state index is 0.189. The van der Waals surface area contributed by atoms with E-state index < -0.39 is 12.1 Å². The first-order chi connectivity index (χ1) is 10.3. The summed E-state index contributed by atoms with van der Waals surface area (Å²) in [5.41, 5.74) is 0. The summed E-state index contributed by atoms with van der Waals surface area (Å²) >= 11 is 0. The minimum atomic E-state index is -0.647. The monoisotopic (exact) mass is 317 g/mol. The Hall–Kier alpha value is -1.14. The van der Waals surface area contributed by atoms with Crippen LogP contribution in [0.1, 0.15) is 47.5 Å². The van der Waals surface area contributed by atoms with Crippen LogP contribution in [0, 0.1) is 5.92 Å². The van der Waals surface area contributed by atoms with Crippen molar-refractivity contribution < 1.29 is 23.8 Å². The number of amides is 1. The van der Waals surface area contributed by atoms with Crippen LogP contribution in [0.15, 0.2) is 0 Å². The predicted molar refractivity (Wildman–Crippen MR) is 84.5 cm³/mol. The van der Waals surface area contributed by atoms with Crippen molar-refractivity contribution in [2.45, 2.75) is 59.7 Å². The number of rotatable bonds is 12. The average Bonchev–Trinajstić information content (AvgIpc) is 2.43. The molecule has 0 spiro atoms. The molecule has 0 aromatic heterocycles. The van der Waals surface area contributed by atoms with Crippen LogP contribution in [0.5, 0.6) is 0 Å². The Balaban J connectivity index is 3.65. The van der Waals surface area contributed by atoms with E-state index in [4.69, 9.17) is 14.2 Å². The van der Waals surface area contributed by atoms with E-state index in [2.05, 4.69) is 19.2 Å². The molecule has 0 aliphatic rings. The van der Waals surface area contributed by atoms with E-state index in [1.54, 1.807) is 6.92 Å². The Labute approximate surface area is 133 Å². The predicted octanol–water partition coefficient (Wildman–Crippen LogP) is 1.91. The molecule has 6 nitrogen and oxygen atoms in total. The van der Waals surface area contributed by atoms with Gasteiger partial charge in [-0.25, -0.2) is 4.79 Å². The van der Waals surface area contributed by atoms with Crippen LogP contribution in [0.2, 0.25) is 0 Å². The number of hydrogen-bond acceptors (Lipinski definition) is 5. The smallest absolute Gasteiger partial charge is 0.335 e. The second kappa shape index (κ2) is 12.4. The second-order valence-corrected chi connectivity index (χ2v) is 5.93. The van der Waals surface area contributed by atoms with Gasteiger partial charge in [0.1, 0.15) is 0 Å². The highest BCUT2D eigenvalue weighted by Gasteiger charge is 2.16. The molecule has 0 aliphatic heterocycles. The first kappa shape index (κ1) is 20.9. The van der Waals surface area contributed by atoms with Crippen LogP contribution >= 0.6 is 0 Å². The average molecular weight is 317 g/mol. The number of carbonyl (C=O) groups is 2.